The van der Waals surface area contributed by atoms with Crippen molar-refractivity contribution < 1.29 is 28.6 Å². The second kappa shape index (κ2) is 22.8. The highest BCUT2D eigenvalue weighted by Crippen LogP contribution is 2.25. The third-order valence-corrected chi connectivity index (χ3v) is 6.57. The lowest BCUT2D eigenvalue weighted by atomic mass is 9.88. The van der Waals surface area contributed by atoms with Gasteiger partial charge in [-0.25, -0.2) is 0 Å². The van der Waals surface area contributed by atoms with E-state index < -0.39 is 5.41 Å². The first-order valence-electron chi connectivity index (χ1n) is 14.4. The quantitative estimate of drug-likeness (QED) is 0.0770. The van der Waals surface area contributed by atoms with Crippen LogP contribution in [-0.4, -0.2) is 37.7 Å². The Balaban J connectivity index is 4.74. The molecule has 0 aromatic rings. The first kappa shape index (κ1) is 33.4. The molecule has 35 heavy (non-hydrogen) atoms. The lowest BCUT2D eigenvalue weighted by molar-refractivity contribution is -0.162. The molecule has 0 fully saturated rings. The van der Waals surface area contributed by atoms with E-state index in [2.05, 4.69) is 20.8 Å². The van der Waals surface area contributed by atoms with E-state index in [0.717, 1.165) is 70.6 Å². The van der Waals surface area contributed by atoms with E-state index in [1.807, 2.05) is 6.92 Å². The molecular formula is C29H54O6. The molecule has 0 aromatic carbocycles. The molecule has 6 heteroatoms. The summed E-state index contributed by atoms with van der Waals surface area (Å²) in [5.74, 6) is -0.735. The maximum atomic E-state index is 12.3. The average Bonchev–Trinajstić information content (AvgIpc) is 2.86. The number of unbranched alkanes of at least 4 members (excludes halogenated alkanes) is 11. The van der Waals surface area contributed by atoms with Gasteiger partial charge in [0, 0.05) is 19.3 Å². The summed E-state index contributed by atoms with van der Waals surface area (Å²) in [6.07, 6.45) is 16.4. The second-order valence-corrected chi connectivity index (χ2v) is 9.97. The molecule has 0 aliphatic rings. The van der Waals surface area contributed by atoms with Gasteiger partial charge in [-0.2, -0.15) is 0 Å². The maximum absolute atomic E-state index is 12.3. The molecule has 6 nitrogen and oxygen atoms in total. The number of carbonyl (C=O) groups is 3. The van der Waals surface area contributed by atoms with Gasteiger partial charge in [0.25, 0.3) is 0 Å². The van der Waals surface area contributed by atoms with Gasteiger partial charge in [-0.05, 0) is 25.7 Å². The molecule has 0 saturated carbocycles. The van der Waals surface area contributed by atoms with E-state index in [0.29, 0.717) is 25.7 Å². The van der Waals surface area contributed by atoms with Crippen LogP contribution in [0, 0.1) is 5.41 Å². The molecule has 0 bridgehead atoms. The molecule has 0 radical (unpaired) electrons. The van der Waals surface area contributed by atoms with Gasteiger partial charge in [0.15, 0.2) is 0 Å². The van der Waals surface area contributed by atoms with Crippen molar-refractivity contribution in [2.45, 2.75) is 143 Å². The Morgan fingerprint density at radius 1 is 0.457 bits per heavy atom. The van der Waals surface area contributed by atoms with Gasteiger partial charge in [-0.1, -0.05) is 98.3 Å². The fourth-order valence-corrected chi connectivity index (χ4v) is 3.79. The van der Waals surface area contributed by atoms with Gasteiger partial charge in [0.1, 0.15) is 19.8 Å². The predicted octanol–water partition coefficient (Wildman–Crippen LogP) is 7.70. The lowest BCUT2D eigenvalue weighted by Crippen LogP contribution is -2.39. The Morgan fingerprint density at radius 2 is 0.743 bits per heavy atom. The van der Waals surface area contributed by atoms with Gasteiger partial charge < -0.3 is 14.2 Å². The van der Waals surface area contributed by atoms with E-state index in [9.17, 15) is 14.4 Å². The highest BCUT2D eigenvalue weighted by molar-refractivity contribution is 5.70. The van der Waals surface area contributed by atoms with Crippen LogP contribution in [0.1, 0.15) is 143 Å². The summed E-state index contributed by atoms with van der Waals surface area (Å²) in [5, 5.41) is 0. The Morgan fingerprint density at radius 3 is 1.06 bits per heavy atom. The molecule has 0 aliphatic heterocycles. The Hall–Kier alpha value is -1.59. The molecular weight excluding hydrogens is 444 g/mol. The van der Waals surface area contributed by atoms with Crippen molar-refractivity contribution in [3.8, 4) is 0 Å². The summed E-state index contributed by atoms with van der Waals surface area (Å²) < 4.78 is 16.7. The second-order valence-electron chi connectivity index (χ2n) is 9.97. The predicted molar refractivity (Wildman–Crippen MR) is 141 cm³/mol. The first-order valence-corrected chi connectivity index (χ1v) is 14.4. The van der Waals surface area contributed by atoms with Crippen LogP contribution >= 0.6 is 0 Å². The van der Waals surface area contributed by atoms with Gasteiger partial charge in [0.2, 0.25) is 0 Å². The monoisotopic (exact) mass is 498 g/mol. The van der Waals surface area contributed by atoms with Crippen LogP contribution in [-0.2, 0) is 28.6 Å². The molecule has 0 rings (SSSR count). The van der Waals surface area contributed by atoms with Crippen molar-refractivity contribution in [2.24, 2.45) is 5.41 Å². The third-order valence-electron chi connectivity index (χ3n) is 6.57. The number of rotatable bonds is 24. The molecule has 0 spiro atoms. The van der Waals surface area contributed by atoms with E-state index in [-0.39, 0.29) is 37.7 Å². The van der Waals surface area contributed by atoms with E-state index in [4.69, 9.17) is 14.2 Å². The summed E-state index contributed by atoms with van der Waals surface area (Å²) in [7, 11) is 0. The first-order chi connectivity index (χ1) is 16.9. The molecule has 0 unspecified atom stereocenters. The topological polar surface area (TPSA) is 78.9 Å². The SMILES string of the molecule is CCCCCCCCC(=O)OCC(CC)(COC(=O)CCCCCC)COC(=O)CCCCCC. The Kier molecular flexibility index (Phi) is 21.8. The van der Waals surface area contributed by atoms with Crippen molar-refractivity contribution in [3.63, 3.8) is 0 Å². The van der Waals surface area contributed by atoms with Crippen LogP contribution in [0.2, 0.25) is 0 Å². The minimum absolute atomic E-state index is 0.0868. The third kappa shape index (κ3) is 19.3. The highest BCUT2D eigenvalue weighted by atomic mass is 16.6. The molecule has 0 saturated heterocycles. The largest absolute Gasteiger partial charge is 0.465 e. The summed E-state index contributed by atoms with van der Waals surface area (Å²) >= 11 is 0. The normalized spacial score (nSPS) is 11.3. The van der Waals surface area contributed by atoms with Crippen molar-refractivity contribution in [3.05, 3.63) is 0 Å². The fourth-order valence-electron chi connectivity index (χ4n) is 3.79. The zero-order chi connectivity index (χ0) is 26.2. The van der Waals surface area contributed by atoms with Crippen LogP contribution in [0.3, 0.4) is 0 Å². The van der Waals surface area contributed by atoms with Crippen molar-refractivity contribution in [1.29, 1.82) is 0 Å². The van der Waals surface area contributed by atoms with Crippen molar-refractivity contribution in [2.75, 3.05) is 19.8 Å². The zero-order valence-electron chi connectivity index (χ0n) is 23.3. The average molecular weight is 499 g/mol. The summed E-state index contributed by atoms with van der Waals surface area (Å²) in [6, 6.07) is 0. The van der Waals surface area contributed by atoms with E-state index in [1.165, 1.54) is 19.3 Å². The van der Waals surface area contributed by atoms with Gasteiger partial charge in [-0.3, -0.25) is 14.4 Å². The molecule has 0 N–H and O–H groups in total. The molecule has 0 atom stereocenters. The van der Waals surface area contributed by atoms with Gasteiger partial charge in [0.05, 0.1) is 5.41 Å². The highest BCUT2D eigenvalue weighted by Gasteiger charge is 2.34. The molecule has 206 valence electrons. The molecule has 0 heterocycles. The van der Waals surface area contributed by atoms with Crippen molar-refractivity contribution in [1.82, 2.24) is 0 Å². The van der Waals surface area contributed by atoms with Gasteiger partial charge in [-0.15, -0.1) is 0 Å². The van der Waals surface area contributed by atoms with E-state index in [1.54, 1.807) is 0 Å². The number of carbonyl (C=O) groups excluding carboxylic acids is 3. The molecule has 0 aromatic heterocycles. The van der Waals surface area contributed by atoms with E-state index >= 15 is 0 Å². The maximum Gasteiger partial charge on any atom is 0.305 e. The van der Waals surface area contributed by atoms with Crippen LogP contribution < -0.4 is 0 Å². The summed E-state index contributed by atoms with van der Waals surface area (Å²) in [6.45, 7) is 8.66. The zero-order valence-corrected chi connectivity index (χ0v) is 23.3. The minimum atomic E-state index is -0.713. The Labute approximate surface area is 215 Å². The fraction of sp³-hybridized carbons (Fsp3) is 0.897. The number of hydrogen-bond acceptors (Lipinski definition) is 6. The number of hydrogen-bond donors (Lipinski definition) is 0. The van der Waals surface area contributed by atoms with Crippen LogP contribution in [0.5, 0.6) is 0 Å². The molecule has 0 aliphatic carbocycles. The number of esters is 3. The van der Waals surface area contributed by atoms with Crippen LogP contribution in [0.4, 0.5) is 0 Å². The lowest BCUT2D eigenvalue weighted by Gasteiger charge is -2.31. The molecule has 0 amide bonds. The standard InChI is InChI=1S/C29H54O6/c1-5-9-12-15-16-19-22-28(32)35-25-29(8-4,23-33-26(30)20-17-13-10-6-2)24-34-27(31)21-18-14-11-7-3/h5-25H2,1-4H3. The number of ether oxygens (including phenoxy) is 3. The minimum Gasteiger partial charge on any atom is -0.465 e. The summed E-state index contributed by atoms with van der Waals surface area (Å²) in [5.41, 5.74) is -0.713. The smallest absolute Gasteiger partial charge is 0.305 e. The van der Waals surface area contributed by atoms with Crippen molar-refractivity contribution >= 4 is 17.9 Å². The van der Waals surface area contributed by atoms with Crippen LogP contribution in [0.25, 0.3) is 0 Å². The Bertz CT molecular complexity index is 517. The van der Waals surface area contributed by atoms with Crippen LogP contribution in [0.15, 0.2) is 0 Å². The summed E-state index contributed by atoms with van der Waals surface area (Å²) in [4.78, 5) is 36.9. The van der Waals surface area contributed by atoms with Gasteiger partial charge >= 0.3 is 17.9 Å².